The van der Waals surface area contributed by atoms with E-state index >= 15 is 0 Å². The number of rotatable bonds is 6. The molecule has 0 bridgehead atoms. The molecule has 3 heteroatoms. The van der Waals surface area contributed by atoms with Crippen LogP contribution in [0.5, 0.6) is 5.75 Å². The van der Waals surface area contributed by atoms with Gasteiger partial charge < -0.3 is 10.1 Å². The molecule has 0 aliphatic rings. The summed E-state index contributed by atoms with van der Waals surface area (Å²) in [6, 6.07) is 5.29. The SMILES string of the molecule is CCC(C)(CNC)c1ccc(OC(C)C)c(F)c1. The van der Waals surface area contributed by atoms with Gasteiger partial charge in [0, 0.05) is 12.0 Å². The Balaban J connectivity index is 3.02. The third kappa shape index (κ3) is 3.45. The highest BCUT2D eigenvalue weighted by molar-refractivity contribution is 5.34. The van der Waals surface area contributed by atoms with Gasteiger partial charge in [-0.25, -0.2) is 4.39 Å². The van der Waals surface area contributed by atoms with E-state index < -0.39 is 0 Å². The van der Waals surface area contributed by atoms with Crippen molar-refractivity contribution in [1.82, 2.24) is 5.32 Å². The molecule has 0 spiro atoms. The lowest BCUT2D eigenvalue weighted by molar-refractivity contribution is 0.231. The molecule has 1 atom stereocenters. The average Bonchev–Trinajstić information content (AvgIpc) is 2.31. The number of nitrogens with one attached hydrogen (secondary N) is 1. The van der Waals surface area contributed by atoms with E-state index in [0.717, 1.165) is 18.5 Å². The maximum atomic E-state index is 14.0. The summed E-state index contributed by atoms with van der Waals surface area (Å²) in [5.41, 5.74) is 0.958. The second kappa shape index (κ2) is 6.19. The van der Waals surface area contributed by atoms with Crippen molar-refractivity contribution >= 4 is 0 Å². The minimum absolute atomic E-state index is 0.0137. The van der Waals surface area contributed by atoms with Crippen LogP contribution in [0.4, 0.5) is 4.39 Å². The van der Waals surface area contributed by atoms with Gasteiger partial charge in [0.15, 0.2) is 11.6 Å². The van der Waals surface area contributed by atoms with Crippen LogP contribution in [0.3, 0.4) is 0 Å². The number of likely N-dealkylation sites (N-methyl/N-ethyl adjacent to an activating group) is 1. The van der Waals surface area contributed by atoms with Crippen molar-refractivity contribution in [2.45, 2.75) is 45.6 Å². The van der Waals surface area contributed by atoms with Gasteiger partial charge in [-0.1, -0.05) is 19.9 Å². The molecule has 0 saturated heterocycles. The Morgan fingerprint density at radius 3 is 2.50 bits per heavy atom. The third-order valence-electron chi connectivity index (χ3n) is 3.34. The summed E-state index contributed by atoms with van der Waals surface area (Å²) in [5, 5.41) is 3.17. The molecule has 0 aliphatic carbocycles. The number of halogens is 1. The molecular formula is C15H24FNO. The first-order chi connectivity index (χ1) is 8.42. The monoisotopic (exact) mass is 253 g/mol. The van der Waals surface area contributed by atoms with Gasteiger partial charge in [0.05, 0.1) is 6.10 Å². The van der Waals surface area contributed by atoms with E-state index in [1.807, 2.05) is 27.0 Å². The Morgan fingerprint density at radius 2 is 2.06 bits per heavy atom. The molecule has 1 N–H and O–H groups in total. The van der Waals surface area contributed by atoms with Crippen molar-refractivity contribution in [1.29, 1.82) is 0 Å². The van der Waals surface area contributed by atoms with Crippen molar-refractivity contribution in [3.8, 4) is 5.75 Å². The van der Waals surface area contributed by atoms with Gasteiger partial charge in [0.25, 0.3) is 0 Å². The van der Waals surface area contributed by atoms with Crippen LogP contribution in [0.15, 0.2) is 18.2 Å². The van der Waals surface area contributed by atoms with Crippen molar-refractivity contribution in [3.63, 3.8) is 0 Å². The Labute approximate surface area is 110 Å². The zero-order valence-electron chi connectivity index (χ0n) is 12.0. The quantitative estimate of drug-likeness (QED) is 0.837. The van der Waals surface area contributed by atoms with Crippen LogP contribution in [-0.4, -0.2) is 19.7 Å². The van der Waals surface area contributed by atoms with Gasteiger partial charge in [-0.3, -0.25) is 0 Å². The summed E-state index contributed by atoms with van der Waals surface area (Å²) in [5.74, 6) is 0.0497. The fourth-order valence-corrected chi connectivity index (χ4v) is 2.05. The second-order valence-corrected chi connectivity index (χ2v) is 5.26. The van der Waals surface area contributed by atoms with E-state index in [1.165, 1.54) is 0 Å². The first-order valence-corrected chi connectivity index (χ1v) is 6.54. The Hall–Kier alpha value is -1.09. The maximum Gasteiger partial charge on any atom is 0.165 e. The zero-order valence-corrected chi connectivity index (χ0v) is 12.0. The summed E-state index contributed by atoms with van der Waals surface area (Å²) < 4.78 is 19.4. The highest BCUT2D eigenvalue weighted by Crippen LogP contribution is 2.30. The number of hydrogen-bond acceptors (Lipinski definition) is 2. The molecule has 18 heavy (non-hydrogen) atoms. The lowest BCUT2D eigenvalue weighted by atomic mass is 9.80. The van der Waals surface area contributed by atoms with Crippen LogP contribution in [0, 0.1) is 5.82 Å². The number of hydrogen-bond donors (Lipinski definition) is 1. The molecule has 0 saturated carbocycles. The molecule has 0 radical (unpaired) electrons. The summed E-state index contributed by atoms with van der Waals surface area (Å²) in [7, 11) is 1.92. The van der Waals surface area contributed by atoms with E-state index in [2.05, 4.69) is 19.2 Å². The molecule has 1 unspecified atom stereocenters. The summed E-state index contributed by atoms with van der Waals surface area (Å²) in [6.45, 7) is 8.87. The topological polar surface area (TPSA) is 21.3 Å². The molecule has 0 fully saturated rings. The molecule has 0 heterocycles. The molecular weight excluding hydrogens is 229 g/mol. The Morgan fingerprint density at radius 1 is 1.39 bits per heavy atom. The van der Waals surface area contributed by atoms with Gasteiger partial charge in [-0.05, 0) is 45.0 Å². The van der Waals surface area contributed by atoms with Crippen molar-refractivity contribution in [3.05, 3.63) is 29.6 Å². The molecule has 2 nitrogen and oxygen atoms in total. The summed E-state index contributed by atoms with van der Waals surface area (Å²) in [6.07, 6.45) is 0.942. The molecule has 1 aromatic rings. The van der Waals surface area contributed by atoms with Gasteiger partial charge in [0.1, 0.15) is 0 Å². The summed E-state index contributed by atoms with van der Waals surface area (Å²) in [4.78, 5) is 0. The lowest BCUT2D eigenvalue weighted by Crippen LogP contribution is -2.33. The third-order valence-corrected chi connectivity index (χ3v) is 3.34. The van der Waals surface area contributed by atoms with E-state index in [-0.39, 0.29) is 17.3 Å². The average molecular weight is 253 g/mol. The summed E-state index contributed by atoms with van der Waals surface area (Å²) >= 11 is 0. The van der Waals surface area contributed by atoms with Crippen molar-refractivity contribution in [2.75, 3.05) is 13.6 Å². The van der Waals surface area contributed by atoms with Crippen LogP contribution in [0.2, 0.25) is 0 Å². The highest BCUT2D eigenvalue weighted by atomic mass is 19.1. The fraction of sp³-hybridized carbons (Fsp3) is 0.600. The van der Waals surface area contributed by atoms with Crippen molar-refractivity contribution in [2.24, 2.45) is 0 Å². The van der Waals surface area contributed by atoms with Gasteiger partial charge >= 0.3 is 0 Å². The number of ether oxygens (including phenoxy) is 1. The van der Waals surface area contributed by atoms with Crippen LogP contribution < -0.4 is 10.1 Å². The minimum Gasteiger partial charge on any atom is -0.488 e. The molecule has 1 rings (SSSR count). The highest BCUT2D eigenvalue weighted by Gasteiger charge is 2.24. The van der Waals surface area contributed by atoms with Crippen molar-refractivity contribution < 1.29 is 9.13 Å². The Bertz CT molecular complexity index is 392. The molecule has 0 aliphatic heterocycles. The van der Waals surface area contributed by atoms with Crippen LogP contribution in [0.25, 0.3) is 0 Å². The van der Waals surface area contributed by atoms with Gasteiger partial charge in [0.2, 0.25) is 0 Å². The number of benzene rings is 1. The Kier molecular flexibility index (Phi) is 5.15. The van der Waals surface area contributed by atoms with Crippen LogP contribution >= 0.6 is 0 Å². The predicted molar refractivity (Wildman–Crippen MR) is 73.7 cm³/mol. The first kappa shape index (κ1) is 15.0. The predicted octanol–water partition coefficient (Wildman–Crippen LogP) is 3.50. The molecule has 102 valence electrons. The standard InChI is InChI=1S/C15H24FNO/c1-6-15(4,10-17-5)12-7-8-14(13(16)9-12)18-11(2)3/h7-9,11,17H,6,10H2,1-5H3. The van der Waals surface area contributed by atoms with Gasteiger partial charge in [-0.15, -0.1) is 0 Å². The molecule has 0 amide bonds. The normalized spacial score (nSPS) is 14.6. The lowest BCUT2D eigenvalue weighted by Gasteiger charge is -2.29. The smallest absolute Gasteiger partial charge is 0.165 e. The van der Waals surface area contributed by atoms with E-state index in [1.54, 1.807) is 12.1 Å². The van der Waals surface area contributed by atoms with Crippen LogP contribution in [-0.2, 0) is 5.41 Å². The van der Waals surface area contributed by atoms with Crippen LogP contribution in [0.1, 0.15) is 39.7 Å². The molecule has 1 aromatic carbocycles. The largest absolute Gasteiger partial charge is 0.488 e. The van der Waals surface area contributed by atoms with Gasteiger partial charge in [-0.2, -0.15) is 0 Å². The first-order valence-electron chi connectivity index (χ1n) is 6.54. The van der Waals surface area contributed by atoms with E-state index in [4.69, 9.17) is 4.74 Å². The fourth-order valence-electron chi connectivity index (χ4n) is 2.05. The maximum absolute atomic E-state index is 14.0. The zero-order chi connectivity index (χ0) is 13.8. The minimum atomic E-state index is -0.281. The van der Waals surface area contributed by atoms with E-state index in [0.29, 0.717) is 5.75 Å². The second-order valence-electron chi connectivity index (χ2n) is 5.26. The molecule has 0 aromatic heterocycles. The van der Waals surface area contributed by atoms with E-state index in [9.17, 15) is 4.39 Å².